The third-order valence-electron chi connectivity index (χ3n) is 2.59. The highest BCUT2D eigenvalue weighted by atomic mass is 79.9. The van der Waals surface area contributed by atoms with E-state index in [1.54, 1.807) is 6.92 Å². The van der Waals surface area contributed by atoms with Gasteiger partial charge in [0.25, 0.3) is 0 Å². The van der Waals surface area contributed by atoms with Gasteiger partial charge < -0.3 is 20.7 Å². The van der Waals surface area contributed by atoms with E-state index in [0.29, 0.717) is 11.4 Å². The summed E-state index contributed by atoms with van der Waals surface area (Å²) in [5.74, 6) is -1.63. The highest BCUT2D eigenvalue weighted by Crippen LogP contribution is 2.21. The monoisotopic (exact) mass is 355 g/mol. The van der Waals surface area contributed by atoms with Crippen LogP contribution in [0.3, 0.4) is 0 Å². The van der Waals surface area contributed by atoms with Gasteiger partial charge in [0.05, 0.1) is 10.2 Å². The highest BCUT2D eigenvalue weighted by molar-refractivity contribution is 9.10. The molecule has 1 heterocycles. The van der Waals surface area contributed by atoms with Crippen molar-refractivity contribution in [1.82, 2.24) is 4.98 Å². The van der Waals surface area contributed by atoms with Gasteiger partial charge in [0.2, 0.25) is 0 Å². The predicted molar refractivity (Wildman–Crippen MR) is 79.2 cm³/mol. The number of anilines is 2. The largest absolute Gasteiger partial charge is 0.477 e. The van der Waals surface area contributed by atoms with Gasteiger partial charge in [-0.15, -0.1) is 0 Å². The van der Waals surface area contributed by atoms with Crippen LogP contribution < -0.4 is 10.6 Å². The van der Waals surface area contributed by atoms with Crippen molar-refractivity contribution in [2.45, 2.75) is 6.92 Å². The van der Waals surface area contributed by atoms with E-state index in [0.717, 1.165) is 0 Å². The van der Waals surface area contributed by atoms with Crippen LogP contribution in [0, 0.1) is 12.7 Å². The number of urea groups is 1. The number of H-pyrrole nitrogens is 1. The van der Waals surface area contributed by atoms with Crippen LogP contribution >= 0.6 is 15.9 Å². The summed E-state index contributed by atoms with van der Waals surface area (Å²) in [7, 11) is 0. The topological polar surface area (TPSA) is 94.2 Å². The van der Waals surface area contributed by atoms with E-state index in [1.807, 2.05) is 0 Å². The molecule has 1 aromatic heterocycles. The van der Waals surface area contributed by atoms with E-state index < -0.39 is 17.8 Å². The first kappa shape index (κ1) is 15.0. The molecule has 0 aliphatic carbocycles. The van der Waals surface area contributed by atoms with Crippen LogP contribution in [0.5, 0.6) is 0 Å². The van der Waals surface area contributed by atoms with Crippen LogP contribution in [-0.4, -0.2) is 22.1 Å². The van der Waals surface area contributed by atoms with Gasteiger partial charge in [-0.2, -0.15) is 0 Å². The lowest BCUT2D eigenvalue weighted by atomic mass is 10.3. The van der Waals surface area contributed by atoms with E-state index in [2.05, 4.69) is 31.5 Å². The number of carbonyl (C=O) groups is 2. The maximum absolute atomic E-state index is 13.1. The molecule has 0 saturated heterocycles. The van der Waals surface area contributed by atoms with Gasteiger partial charge >= 0.3 is 12.0 Å². The molecular formula is C13H11BrFN3O3. The number of halogens is 2. The summed E-state index contributed by atoms with van der Waals surface area (Å²) in [6.45, 7) is 1.67. The molecule has 0 saturated carbocycles. The first-order valence-corrected chi connectivity index (χ1v) is 6.62. The molecule has 0 aliphatic heterocycles. The fourth-order valence-electron chi connectivity index (χ4n) is 1.72. The molecule has 110 valence electrons. The van der Waals surface area contributed by atoms with Crippen molar-refractivity contribution in [2.75, 3.05) is 10.6 Å². The van der Waals surface area contributed by atoms with Crippen LogP contribution in [0.4, 0.5) is 20.6 Å². The van der Waals surface area contributed by atoms with Crippen LogP contribution in [0.25, 0.3) is 0 Å². The Bertz CT molecular complexity index is 715. The van der Waals surface area contributed by atoms with Gasteiger partial charge in [-0.1, -0.05) is 0 Å². The molecule has 6 nitrogen and oxygen atoms in total. The summed E-state index contributed by atoms with van der Waals surface area (Å²) in [4.78, 5) is 25.5. The number of hydrogen-bond donors (Lipinski definition) is 4. The lowest BCUT2D eigenvalue weighted by Crippen LogP contribution is -2.20. The Morgan fingerprint density at radius 2 is 2.00 bits per heavy atom. The number of amides is 2. The Balaban J connectivity index is 2.11. The molecule has 0 fully saturated rings. The molecule has 0 radical (unpaired) electrons. The third-order valence-corrected chi connectivity index (χ3v) is 3.20. The first-order valence-electron chi connectivity index (χ1n) is 5.83. The molecule has 4 N–H and O–H groups in total. The molecule has 2 rings (SSSR count). The number of carboxylic acid groups (broad SMARTS) is 1. The summed E-state index contributed by atoms with van der Waals surface area (Å²) in [6.07, 6.45) is 0. The molecular weight excluding hydrogens is 345 g/mol. The van der Waals surface area contributed by atoms with E-state index in [9.17, 15) is 14.0 Å². The molecule has 0 atom stereocenters. The average molecular weight is 356 g/mol. The number of aromatic carboxylic acids is 1. The maximum Gasteiger partial charge on any atom is 0.354 e. The van der Waals surface area contributed by atoms with Crippen LogP contribution in [0.15, 0.2) is 28.7 Å². The van der Waals surface area contributed by atoms with Crippen LogP contribution in [0.2, 0.25) is 0 Å². The zero-order valence-electron chi connectivity index (χ0n) is 10.8. The summed E-state index contributed by atoms with van der Waals surface area (Å²) in [5.41, 5.74) is 1.01. The second-order valence-electron chi connectivity index (χ2n) is 4.25. The summed E-state index contributed by atoms with van der Waals surface area (Å²) in [5, 5.41) is 13.9. The maximum atomic E-state index is 13.1. The van der Waals surface area contributed by atoms with Crippen molar-refractivity contribution in [3.05, 3.63) is 45.9 Å². The van der Waals surface area contributed by atoms with Crippen molar-refractivity contribution in [1.29, 1.82) is 0 Å². The molecule has 8 heteroatoms. The Hall–Kier alpha value is -2.35. The third kappa shape index (κ3) is 3.60. The number of hydrogen-bond acceptors (Lipinski definition) is 2. The van der Waals surface area contributed by atoms with Gasteiger partial charge in [-0.3, -0.25) is 0 Å². The van der Waals surface area contributed by atoms with Gasteiger partial charge in [-0.25, -0.2) is 14.0 Å². The zero-order chi connectivity index (χ0) is 15.6. The van der Waals surface area contributed by atoms with Gasteiger partial charge in [0.1, 0.15) is 11.5 Å². The van der Waals surface area contributed by atoms with Crippen molar-refractivity contribution in [2.24, 2.45) is 0 Å². The average Bonchev–Trinajstić information content (AvgIpc) is 2.75. The minimum Gasteiger partial charge on any atom is -0.477 e. The van der Waals surface area contributed by atoms with Gasteiger partial charge in [-0.05, 0) is 47.1 Å². The number of aromatic nitrogens is 1. The molecule has 0 aliphatic rings. The fraction of sp³-hybridized carbons (Fsp3) is 0.0769. The van der Waals surface area contributed by atoms with E-state index in [1.165, 1.54) is 24.3 Å². The Morgan fingerprint density at radius 3 is 2.62 bits per heavy atom. The van der Waals surface area contributed by atoms with Crippen molar-refractivity contribution >= 4 is 39.3 Å². The highest BCUT2D eigenvalue weighted by Gasteiger charge is 2.15. The lowest BCUT2D eigenvalue weighted by Gasteiger charge is -2.07. The molecule has 1 aromatic carbocycles. The molecule has 0 unspecified atom stereocenters. The number of carboxylic acids is 1. The second-order valence-corrected chi connectivity index (χ2v) is 5.11. The van der Waals surface area contributed by atoms with Gasteiger partial charge in [0, 0.05) is 11.4 Å². The number of aromatic amines is 1. The standard InChI is InChI=1S/C13H11BrFN3O3/c1-6-4-10(11(16-6)12(19)20)18-13(21)17-7-2-3-9(15)8(14)5-7/h2-5,16H,1H3,(H,19,20)(H2,17,18,21). The Morgan fingerprint density at radius 1 is 1.29 bits per heavy atom. The molecule has 0 spiro atoms. The van der Waals surface area contributed by atoms with Crippen LogP contribution in [0.1, 0.15) is 16.2 Å². The minimum absolute atomic E-state index is 0.108. The quantitative estimate of drug-likeness (QED) is 0.677. The zero-order valence-corrected chi connectivity index (χ0v) is 12.4. The Labute approximate surface area is 127 Å². The second kappa shape index (κ2) is 5.96. The molecule has 21 heavy (non-hydrogen) atoms. The van der Waals surface area contributed by atoms with Crippen molar-refractivity contribution in [3.8, 4) is 0 Å². The van der Waals surface area contributed by atoms with Gasteiger partial charge in [0.15, 0.2) is 0 Å². The fourth-order valence-corrected chi connectivity index (χ4v) is 2.09. The first-order chi connectivity index (χ1) is 9.86. The summed E-state index contributed by atoms with van der Waals surface area (Å²) < 4.78 is 13.3. The van der Waals surface area contributed by atoms with Crippen molar-refractivity contribution in [3.63, 3.8) is 0 Å². The normalized spacial score (nSPS) is 10.2. The van der Waals surface area contributed by atoms with E-state index >= 15 is 0 Å². The SMILES string of the molecule is Cc1cc(NC(=O)Nc2ccc(F)c(Br)c2)c(C(=O)O)[nH]1. The smallest absolute Gasteiger partial charge is 0.354 e. The number of rotatable bonds is 3. The summed E-state index contributed by atoms with van der Waals surface area (Å²) in [6, 6.07) is 4.86. The number of benzene rings is 1. The van der Waals surface area contributed by atoms with Crippen molar-refractivity contribution < 1.29 is 19.1 Å². The predicted octanol–water partition coefficient (Wildman–Crippen LogP) is 3.57. The molecule has 0 bridgehead atoms. The number of carbonyl (C=O) groups excluding carboxylic acids is 1. The molecule has 2 amide bonds. The molecule has 2 aromatic rings. The van der Waals surface area contributed by atoms with E-state index in [-0.39, 0.29) is 15.9 Å². The van der Waals surface area contributed by atoms with Crippen LogP contribution in [-0.2, 0) is 0 Å². The Kier molecular flexibility index (Phi) is 4.27. The number of aryl methyl sites for hydroxylation is 1. The summed E-state index contributed by atoms with van der Waals surface area (Å²) >= 11 is 3.01. The minimum atomic E-state index is -1.18. The number of nitrogens with one attached hydrogen (secondary N) is 3. The van der Waals surface area contributed by atoms with E-state index in [4.69, 9.17) is 5.11 Å². The lowest BCUT2D eigenvalue weighted by molar-refractivity contribution is 0.0692.